The van der Waals surface area contributed by atoms with Gasteiger partial charge in [0.1, 0.15) is 6.04 Å². The highest BCUT2D eigenvalue weighted by Crippen LogP contribution is 2.32. The van der Waals surface area contributed by atoms with Crippen molar-refractivity contribution in [1.29, 1.82) is 0 Å². The minimum Gasteiger partial charge on any atom is -0.391 e. The second kappa shape index (κ2) is 7.22. The molecule has 1 rings (SSSR count). The van der Waals surface area contributed by atoms with E-state index in [2.05, 4.69) is 20.8 Å². The number of aliphatic hydroxyl groups is 1. The zero-order chi connectivity index (χ0) is 16.2. The maximum atomic E-state index is 12.3. The van der Waals surface area contributed by atoms with Gasteiger partial charge in [0.2, 0.25) is 11.8 Å². The minimum atomic E-state index is -0.671. The Hall–Kier alpha value is -1.14. The van der Waals surface area contributed by atoms with Crippen LogP contribution in [0.1, 0.15) is 46.5 Å². The molecule has 6 nitrogen and oxygen atoms in total. The largest absolute Gasteiger partial charge is 0.391 e. The number of likely N-dealkylation sites (tertiary alicyclic amines) is 1. The minimum absolute atomic E-state index is 0.0905. The molecule has 5 N–H and O–H groups in total. The van der Waals surface area contributed by atoms with Gasteiger partial charge in [0.05, 0.1) is 6.10 Å². The van der Waals surface area contributed by atoms with Crippen molar-refractivity contribution in [2.24, 2.45) is 22.8 Å². The number of primary amides is 1. The molecule has 21 heavy (non-hydrogen) atoms. The monoisotopic (exact) mass is 299 g/mol. The quantitative estimate of drug-likeness (QED) is 0.652. The topological polar surface area (TPSA) is 110 Å². The molecular weight excluding hydrogens is 270 g/mol. The fourth-order valence-electron chi connectivity index (χ4n) is 3.01. The molecule has 1 heterocycles. The van der Waals surface area contributed by atoms with Crippen LogP contribution >= 0.6 is 0 Å². The van der Waals surface area contributed by atoms with E-state index < -0.39 is 18.1 Å². The SMILES string of the molecule is CC(C)(C)C(CCN)CCC(=O)N1CC(O)CC1C(N)=O. The summed E-state index contributed by atoms with van der Waals surface area (Å²) in [5.74, 6) is -0.304. The molecule has 1 saturated heterocycles. The molecule has 6 heteroatoms. The lowest BCUT2D eigenvalue weighted by Crippen LogP contribution is -2.44. The fourth-order valence-corrected chi connectivity index (χ4v) is 3.01. The number of rotatable bonds is 6. The van der Waals surface area contributed by atoms with Gasteiger partial charge in [-0.1, -0.05) is 20.8 Å². The molecule has 0 aromatic carbocycles. The van der Waals surface area contributed by atoms with Gasteiger partial charge in [0, 0.05) is 19.4 Å². The zero-order valence-electron chi connectivity index (χ0n) is 13.3. The van der Waals surface area contributed by atoms with Crippen molar-refractivity contribution in [1.82, 2.24) is 4.90 Å². The van der Waals surface area contributed by atoms with E-state index in [0.29, 0.717) is 18.9 Å². The van der Waals surface area contributed by atoms with Crippen LogP contribution in [0, 0.1) is 11.3 Å². The Balaban J connectivity index is 2.61. The van der Waals surface area contributed by atoms with Crippen molar-refractivity contribution in [2.45, 2.75) is 58.6 Å². The Morgan fingerprint density at radius 1 is 1.33 bits per heavy atom. The van der Waals surface area contributed by atoms with Crippen LogP contribution in [-0.2, 0) is 9.59 Å². The first kappa shape index (κ1) is 17.9. The van der Waals surface area contributed by atoms with E-state index in [4.69, 9.17) is 11.5 Å². The van der Waals surface area contributed by atoms with E-state index in [1.54, 1.807) is 0 Å². The highest BCUT2D eigenvalue weighted by Gasteiger charge is 2.37. The summed E-state index contributed by atoms with van der Waals surface area (Å²) < 4.78 is 0. The van der Waals surface area contributed by atoms with E-state index in [1.807, 2.05) is 0 Å². The van der Waals surface area contributed by atoms with E-state index in [0.717, 1.165) is 12.8 Å². The molecule has 0 radical (unpaired) electrons. The van der Waals surface area contributed by atoms with Gasteiger partial charge in [-0.2, -0.15) is 0 Å². The number of carbonyl (C=O) groups is 2. The average Bonchev–Trinajstić information content (AvgIpc) is 2.75. The third-order valence-corrected chi connectivity index (χ3v) is 4.37. The van der Waals surface area contributed by atoms with Crippen molar-refractivity contribution in [3.63, 3.8) is 0 Å². The van der Waals surface area contributed by atoms with E-state index in [-0.39, 0.29) is 24.3 Å². The van der Waals surface area contributed by atoms with Gasteiger partial charge in [-0.3, -0.25) is 9.59 Å². The second-order valence-corrected chi connectivity index (χ2v) is 7.03. The number of β-amino-alcohol motifs (C(OH)–C–C–N with tert-alkyl or cyclic N) is 1. The molecule has 0 aromatic heterocycles. The van der Waals surface area contributed by atoms with Gasteiger partial charge in [-0.05, 0) is 30.7 Å². The summed E-state index contributed by atoms with van der Waals surface area (Å²) in [7, 11) is 0. The molecule has 0 saturated carbocycles. The van der Waals surface area contributed by atoms with Crippen LogP contribution < -0.4 is 11.5 Å². The molecule has 2 amide bonds. The molecule has 1 aliphatic rings. The first-order valence-electron chi connectivity index (χ1n) is 7.63. The maximum Gasteiger partial charge on any atom is 0.240 e. The lowest BCUT2D eigenvalue weighted by molar-refractivity contribution is -0.137. The predicted octanol–water partition coefficient (Wildman–Crippen LogP) is 0.225. The third-order valence-electron chi connectivity index (χ3n) is 4.37. The smallest absolute Gasteiger partial charge is 0.240 e. The lowest BCUT2D eigenvalue weighted by atomic mass is 9.76. The van der Waals surface area contributed by atoms with Crippen LogP contribution in [0.15, 0.2) is 0 Å². The Labute approximate surface area is 126 Å². The Kier molecular flexibility index (Phi) is 6.16. The molecule has 3 atom stereocenters. The summed E-state index contributed by atoms with van der Waals surface area (Å²) in [6.45, 7) is 7.23. The maximum absolute atomic E-state index is 12.3. The molecule has 3 unspecified atom stereocenters. The van der Waals surface area contributed by atoms with E-state index in [9.17, 15) is 14.7 Å². The van der Waals surface area contributed by atoms with Crippen LogP contribution in [0.4, 0.5) is 0 Å². The standard InChI is InChI=1S/C15H29N3O3/c1-15(2,3)10(6-7-16)4-5-13(20)18-9-11(19)8-12(18)14(17)21/h10-12,19H,4-9,16H2,1-3H3,(H2,17,21). The Morgan fingerprint density at radius 2 is 1.95 bits per heavy atom. The molecular formula is C15H29N3O3. The molecule has 1 aliphatic heterocycles. The Bertz CT molecular complexity index is 379. The summed E-state index contributed by atoms with van der Waals surface area (Å²) in [6.07, 6.45) is 1.55. The summed E-state index contributed by atoms with van der Waals surface area (Å²) in [5, 5.41) is 9.64. The normalized spacial score (nSPS) is 24.1. The van der Waals surface area contributed by atoms with Crippen molar-refractivity contribution >= 4 is 11.8 Å². The molecule has 0 spiro atoms. The zero-order valence-corrected chi connectivity index (χ0v) is 13.3. The number of amides is 2. The molecule has 0 aromatic rings. The number of carbonyl (C=O) groups excluding carboxylic acids is 2. The molecule has 122 valence electrons. The van der Waals surface area contributed by atoms with Gasteiger partial charge in [-0.25, -0.2) is 0 Å². The van der Waals surface area contributed by atoms with Crippen molar-refractivity contribution in [3.8, 4) is 0 Å². The molecule has 0 aliphatic carbocycles. The van der Waals surface area contributed by atoms with Crippen LogP contribution in [0.5, 0.6) is 0 Å². The first-order valence-corrected chi connectivity index (χ1v) is 7.63. The molecule has 1 fully saturated rings. The lowest BCUT2D eigenvalue weighted by Gasteiger charge is -2.31. The summed E-state index contributed by atoms with van der Waals surface area (Å²) in [4.78, 5) is 25.1. The number of hydrogen-bond donors (Lipinski definition) is 3. The fraction of sp³-hybridized carbons (Fsp3) is 0.867. The summed E-state index contributed by atoms with van der Waals surface area (Å²) >= 11 is 0. The number of nitrogens with two attached hydrogens (primary N) is 2. The van der Waals surface area contributed by atoms with Crippen LogP contribution in [0.25, 0.3) is 0 Å². The van der Waals surface area contributed by atoms with Gasteiger partial charge >= 0.3 is 0 Å². The highest BCUT2D eigenvalue weighted by atomic mass is 16.3. The van der Waals surface area contributed by atoms with Crippen molar-refractivity contribution in [2.75, 3.05) is 13.1 Å². The van der Waals surface area contributed by atoms with E-state index in [1.165, 1.54) is 4.90 Å². The Morgan fingerprint density at radius 3 is 2.43 bits per heavy atom. The predicted molar refractivity (Wildman–Crippen MR) is 81.2 cm³/mol. The van der Waals surface area contributed by atoms with Gasteiger partial charge in [0.25, 0.3) is 0 Å². The molecule has 0 bridgehead atoms. The van der Waals surface area contributed by atoms with Gasteiger partial charge in [-0.15, -0.1) is 0 Å². The van der Waals surface area contributed by atoms with Gasteiger partial charge in [0.15, 0.2) is 0 Å². The number of hydrogen-bond acceptors (Lipinski definition) is 4. The highest BCUT2D eigenvalue weighted by molar-refractivity contribution is 5.87. The number of nitrogens with zero attached hydrogens (tertiary/aromatic N) is 1. The van der Waals surface area contributed by atoms with Crippen LogP contribution in [-0.4, -0.2) is 47.1 Å². The first-order chi connectivity index (χ1) is 9.66. The summed E-state index contributed by atoms with van der Waals surface area (Å²) in [6, 6.07) is -0.671. The van der Waals surface area contributed by atoms with E-state index >= 15 is 0 Å². The van der Waals surface area contributed by atoms with Crippen LogP contribution in [0.2, 0.25) is 0 Å². The second-order valence-electron chi connectivity index (χ2n) is 7.03. The third kappa shape index (κ3) is 4.97. The average molecular weight is 299 g/mol. The number of aliphatic hydroxyl groups excluding tert-OH is 1. The van der Waals surface area contributed by atoms with Crippen molar-refractivity contribution < 1.29 is 14.7 Å². The van der Waals surface area contributed by atoms with Crippen molar-refractivity contribution in [3.05, 3.63) is 0 Å². The summed E-state index contributed by atoms with van der Waals surface area (Å²) in [5.41, 5.74) is 11.0. The van der Waals surface area contributed by atoms with Gasteiger partial charge < -0.3 is 21.5 Å². The van der Waals surface area contributed by atoms with Crippen LogP contribution in [0.3, 0.4) is 0 Å².